The molecule has 3 nitrogen and oxygen atoms in total. The first-order valence-corrected chi connectivity index (χ1v) is 6.82. The van der Waals surface area contributed by atoms with Gasteiger partial charge in [0.25, 0.3) is 0 Å². The molecule has 1 heterocycles. The highest BCUT2D eigenvalue weighted by molar-refractivity contribution is 4.88. The fraction of sp³-hybridized carbons (Fsp3) is 1.00. The molecule has 2 fully saturated rings. The fourth-order valence-electron chi connectivity index (χ4n) is 2.99. The first-order valence-electron chi connectivity index (χ1n) is 6.82. The smallest absolute Gasteiger partial charge is 0.0771 e. The number of hydrogen-bond acceptors (Lipinski definition) is 3. The van der Waals surface area contributed by atoms with Crippen molar-refractivity contribution >= 4 is 0 Å². The zero-order chi connectivity index (χ0) is 11.4. The topological polar surface area (TPSA) is 35.5 Å². The van der Waals surface area contributed by atoms with Gasteiger partial charge in [-0.3, -0.25) is 0 Å². The van der Waals surface area contributed by atoms with Gasteiger partial charge in [-0.05, 0) is 52.2 Å². The van der Waals surface area contributed by atoms with E-state index in [-0.39, 0.29) is 0 Å². The lowest BCUT2D eigenvalue weighted by Crippen LogP contribution is -2.43. The highest BCUT2D eigenvalue weighted by Crippen LogP contribution is 2.28. The van der Waals surface area contributed by atoms with Crippen molar-refractivity contribution in [3.8, 4) is 0 Å². The average Bonchev–Trinajstić information content (AvgIpc) is 2.58. The molecule has 2 aliphatic rings. The minimum absolute atomic E-state index is 0.391. The molecule has 94 valence electrons. The third kappa shape index (κ3) is 3.44. The Labute approximate surface area is 99.2 Å². The average molecular weight is 226 g/mol. The van der Waals surface area contributed by atoms with E-state index in [0.717, 1.165) is 19.4 Å². The summed E-state index contributed by atoms with van der Waals surface area (Å²) in [5.74, 6) is 0. The zero-order valence-corrected chi connectivity index (χ0v) is 10.5. The van der Waals surface area contributed by atoms with E-state index in [2.05, 4.69) is 17.3 Å². The van der Waals surface area contributed by atoms with Crippen LogP contribution in [0.15, 0.2) is 0 Å². The number of nitrogens with one attached hydrogen (secondary N) is 1. The van der Waals surface area contributed by atoms with Crippen molar-refractivity contribution in [2.75, 3.05) is 26.7 Å². The van der Waals surface area contributed by atoms with Crippen molar-refractivity contribution in [2.24, 2.45) is 0 Å². The van der Waals surface area contributed by atoms with Crippen LogP contribution < -0.4 is 5.32 Å². The van der Waals surface area contributed by atoms with Gasteiger partial charge < -0.3 is 15.3 Å². The van der Waals surface area contributed by atoms with Crippen molar-refractivity contribution < 1.29 is 5.11 Å². The molecule has 2 rings (SSSR count). The lowest BCUT2D eigenvalue weighted by Gasteiger charge is -2.26. The normalized spacial score (nSPS) is 31.5. The van der Waals surface area contributed by atoms with E-state index in [1.165, 1.54) is 45.2 Å². The van der Waals surface area contributed by atoms with Crippen LogP contribution in [0.1, 0.15) is 44.9 Å². The van der Waals surface area contributed by atoms with Gasteiger partial charge in [0, 0.05) is 12.6 Å². The molecule has 0 aromatic heterocycles. The minimum Gasteiger partial charge on any atom is -0.389 e. The van der Waals surface area contributed by atoms with Crippen LogP contribution in [0.3, 0.4) is 0 Å². The number of rotatable bonds is 3. The Hall–Kier alpha value is -0.120. The first kappa shape index (κ1) is 12.3. The zero-order valence-electron chi connectivity index (χ0n) is 10.5. The van der Waals surface area contributed by atoms with Gasteiger partial charge in [-0.15, -0.1) is 0 Å². The van der Waals surface area contributed by atoms with Crippen LogP contribution in [0, 0.1) is 0 Å². The van der Waals surface area contributed by atoms with E-state index in [1.54, 1.807) is 0 Å². The van der Waals surface area contributed by atoms with Crippen molar-refractivity contribution in [1.29, 1.82) is 0 Å². The van der Waals surface area contributed by atoms with Gasteiger partial charge in [0.05, 0.1) is 5.60 Å². The van der Waals surface area contributed by atoms with Crippen LogP contribution in [0.4, 0.5) is 0 Å². The van der Waals surface area contributed by atoms with E-state index >= 15 is 0 Å². The van der Waals surface area contributed by atoms with E-state index in [1.807, 2.05) is 0 Å². The summed E-state index contributed by atoms with van der Waals surface area (Å²) in [7, 11) is 2.20. The summed E-state index contributed by atoms with van der Waals surface area (Å²) in [5.41, 5.74) is -0.391. The molecule has 2 N–H and O–H groups in total. The van der Waals surface area contributed by atoms with Gasteiger partial charge >= 0.3 is 0 Å². The second kappa shape index (κ2) is 5.48. The fourth-order valence-corrected chi connectivity index (χ4v) is 2.99. The molecule has 1 aliphatic carbocycles. The SMILES string of the molecule is CN1CCCC(NCC2(O)CCCC2)CC1. The minimum atomic E-state index is -0.391. The molecule has 0 radical (unpaired) electrons. The molecule has 0 bridgehead atoms. The van der Waals surface area contributed by atoms with Crippen LogP contribution in [0.2, 0.25) is 0 Å². The largest absolute Gasteiger partial charge is 0.389 e. The summed E-state index contributed by atoms with van der Waals surface area (Å²) < 4.78 is 0. The second-order valence-electron chi connectivity index (χ2n) is 5.74. The summed E-state index contributed by atoms with van der Waals surface area (Å²) in [6.07, 6.45) is 8.16. The van der Waals surface area contributed by atoms with Gasteiger partial charge in [0.2, 0.25) is 0 Å². The molecule has 3 heteroatoms. The van der Waals surface area contributed by atoms with Crippen molar-refractivity contribution in [3.05, 3.63) is 0 Å². The van der Waals surface area contributed by atoms with E-state index in [4.69, 9.17) is 0 Å². The molecule has 1 unspecified atom stereocenters. The molecular weight excluding hydrogens is 200 g/mol. The van der Waals surface area contributed by atoms with Crippen molar-refractivity contribution in [1.82, 2.24) is 10.2 Å². The molecule has 1 aliphatic heterocycles. The first-order chi connectivity index (χ1) is 7.68. The van der Waals surface area contributed by atoms with Gasteiger partial charge in [-0.2, -0.15) is 0 Å². The quantitative estimate of drug-likeness (QED) is 0.763. The Morgan fingerprint density at radius 2 is 1.94 bits per heavy atom. The Kier molecular flexibility index (Phi) is 4.22. The maximum Gasteiger partial charge on any atom is 0.0771 e. The molecule has 0 amide bonds. The van der Waals surface area contributed by atoms with Gasteiger partial charge in [-0.25, -0.2) is 0 Å². The molecule has 0 aromatic carbocycles. The summed E-state index contributed by atoms with van der Waals surface area (Å²) in [4.78, 5) is 2.41. The van der Waals surface area contributed by atoms with Crippen molar-refractivity contribution in [3.63, 3.8) is 0 Å². The van der Waals surface area contributed by atoms with E-state index < -0.39 is 5.60 Å². The maximum absolute atomic E-state index is 10.3. The second-order valence-corrected chi connectivity index (χ2v) is 5.74. The lowest BCUT2D eigenvalue weighted by molar-refractivity contribution is 0.0443. The van der Waals surface area contributed by atoms with Crippen LogP contribution in [0.25, 0.3) is 0 Å². The van der Waals surface area contributed by atoms with Crippen LogP contribution in [-0.2, 0) is 0 Å². The Morgan fingerprint density at radius 1 is 1.19 bits per heavy atom. The van der Waals surface area contributed by atoms with E-state index in [9.17, 15) is 5.11 Å². The monoisotopic (exact) mass is 226 g/mol. The van der Waals surface area contributed by atoms with Crippen LogP contribution in [-0.4, -0.2) is 48.3 Å². The predicted octanol–water partition coefficient (Wildman–Crippen LogP) is 1.37. The molecule has 1 saturated heterocycles. The molecule has 16 heavy (non-hydrogen) atoms. The maximum atomic E-state index is 10.3. The van der Waals surface area contributed by atoms with Crippen molar-refractivity contribution in [2.45, 2.75) is 56.6 Å². The Morgan fingerprint density at radius 3 is 2.69 bits per heavy atom. The summed E-state index contributed by atoms with van der Waals surface area (Å²) in [6, 6.07) is 0.620. The highest BCUT2D eigenvalue weighted by atomic mass is 16.3. The number of aliphatic hydroxyl groups is 1. The van der Waals surface area contributed by atoms with Gasteiger partial charge in [-0.1, -0.05) is 12.8 Å². The molecule has 1 atom stereocenters. The predicted molar refractivity (Wildman–Crippen MR) is 66.6 cm³/mol. The van der Waals surface area contributed by atoms with Crippen LogP contribution >= 0.6 is 0 Å². The summed E-state index contributed by atoms with van der Waals surface area (Å²) in [5, 5.41) is 13.9. The standard InChI is InChI=1S/C13H26N2O/c1-15-9-4-5-12(6-10-15)14-11-13(16)7-2-3-8-13/h12,14,16H,2-11H2,1H3. The van der Waals surface area contributed by atoms with Crippen LogP contribution in [0.5, 0.6) is 0 Å². The third-order valence-electron chi connectivity index (χ3n) is 4.21. The molecule has 1 saturated carbocycles. The number of likely N-dealkylation sites (tertiary alicyclic amines) is 1. The molecular formula is C13H26N2O. The summed E-state index contributed by atoms with van der Waals surface area (Å²) in [6.45, 7) is 3.22. The molecule has 0 aromatic rings. The third-order valence-corrected chi connectivity index (χ3v) is 4.21. The Balaban J connectivity index is 1.72. The Bertz CT molecular complexity index is 214. The van der Waals surface area contributed by atoms with Gasteiger partial charge in [0.1, 0.15) is 0 Å². The van der Waals surface area contributed by atoms with Gasteiger partial charge in [0.15, 0.2) is 0 Å². The lowest BCUT2D eigenvalue weighted by atomic mass is 10.0. The highest BCUT2D eigenvalue weighted by Gasteiger charge is 2.31. The molecule has 0 spiro atoms. The number of nitrogens with zero attached hydrogens (tertiary/aromatic N) is 1. The number of hydrogen-bond donors (Lipinski definition) is 2. The van der Waals surface area contributed by atoms with E-state index in [0.29, 0.717) is 6.04 Å². The summed E-state index contributed by atoms with van der Waals surface area (Å²) >= 11 is 0.